The van der Waals surface area contributed by atoms with Crippen molar-refractivity contribution in [3.05, 3.63) is 23.0 Å². The lowest BCUT2D eigenvalue weighted by Gasteiger charge is -2.49. The van der Waals surface area contributed by atoms with E-state index in [-0.39, 0.29) is 36.7 Å². The summed E-state index contributed by atoms with van der Waals surface area (Å²) in [5.74, 6) is -8.75. The minimum absolute atomic E-state index is 0.114. The summed E-state index contributed by atoms with van der Waals surface area (Å²) < 4.78 is 11.3. The maximum Gasteiger partial charge on any atom is 0.261 e. The number of carbonyl (C=O) groups excluding carboxylic acids is 2. The Morgan fingerprint density at radius 2 is 1.01 bits per heavy atom. The van der Waals surface area contributed by atoms with Crippen LogP contribution in [0, 0.1) is 41.4 Å². The van der Waals surface area contributed by atoms with E-state index >= 15 is 0 Å². The van der Waals surface area contributed by atoms with Gasteiger partial charge in [0.15, 0.2) is 11.6 Å². The molecule has 1 amide bonds. The highest BCUT2D eigenvalue weighted by Gasteiger charge is 2.55. The van der Waals surface area contributed by atoms with Gasteiger partial charge in [0.2, 0.25) is 0 Å². The standard InChI is InChI=1S/C63H117NO24/c1-13-14-15-16-17-18-19-20-39(65)29-63(87-12)61(85)60(84)58(82)48(88-63)28-47(73)57(81)59(83)56(80)46(72)26-41(67)24-40(66)25-42(68)33(5)51(75)34(6)43(69)27-44(70)35(7)52(76)36(8)53(77)37(9)54(78)45(71)23-31(3)21-30(2)22-32(4)50(74)49-55(79)38(10)64(11)62(49)86/h22,30-31,33-48,51-54,56-61,65-78,80-85H,13-21,23-29H2,1-12H3/b32-22+,50-49-/t30-,31+,33-,34-,35-,36+,37-,38+,39+,40+,41-,42+,43-,44+,45-,46-,47+,48+,51+,52+,53+,54-,56+,57-,58+,59-,60-,61-,63-/m0/s1. The summed E-state index contributed by atoms with van der Waals surface area (Å²) >= 11 is 0. The number of likely N-dealkylation sites (N-methyl/N-ethyl adjacent to an activating group) is 1. The number of likely N-dealkylation sites (tertiary alicyclic amines) is 1. The molecule has 0 saturated carbocycles. The molecule has 0 radical (unpaired) electrons. The Morgan fingerprint density at radius 1 is 0.557 bits per heavy atom. The van der Waals surface area contributed by atoms with Gasteiger partial charge in [0.05, 0.1) is 91.5 Å². The van der Waals surface area contributed by atoms with Gasteiger partial charge in [-0.1, -0.05) is 106 Å². The van der Waals surface area contributed by atoms with Gasteiger partial charge >= 0.3 is 0 Å². The Morgan fingerprint density at radius 3 is 1.52 bits per heavy atom. The molecule has 29 atom stereocenters. The Hall–Kier alpha value is -2.42. The molecule has 2 aliphatic rings. The number of amides is 1. The van der Waals surface area contributed by atoms with Crippen LogP contribution in [0.2, 0.25) is 0 Å². The number of aliphatic hydroxyl groups is 20. The highest BCUT2D eigenvalue weighted by molar-refractivity contribution is 6.26. The maximum absolute atomic E-state index is 12.6. The van der Waals surface area contributed by atoms with Crippen LogP contribution in [0.15, 0.2) is 23.0 Å². The maximum atomic E-state index is 12.6. The van der Waals surface area contributed by atoms with Crippen molar-refractivity contribution in [2.45, 2.75) is 306 Å². The van der Waals surface area contributed by atoms with E-state index in [0.29, 0.717) is 24.8 Å². The number of hydrogen-bond acceptors (Lipinski definition) is 24. The summed E-state index contributed by atoms with van der Waals surface area (Å²) in [5.41, 5.74) is 0.0764. The SMILES string of the molecule is CCCCCCCCC[C@@H](O)C[C@]1(OC)O[C@H](C[C@@H](O)[C@H](O)[C@@H](O)[C@H](O)[C@@H](O)C[C@@H](O)C[C@@H](O)C[C@@H](O)[C@H](C)[C@@H](O)[C@@H](C)[C@@H](O)C[C@@H](O)[C@H](C)[C@@H](O)[C@@H](C)[C@@H](O)[C@H](C)[C@H](O)[C@@H](O)C[C@H](C)C[C@H](C)/C=C(C)/C(O)=C2\C(=O)[C@@H](C)N(C)C2=O)[C@@H](O)[C@H](O)[C@@H]1O. The molecule has 2 heterocycles. The van der Waals surface area contributed by atoms with E-state index in [0.717, 1.165) is 45.6 Å². The van der Waals surface area contributed by atoms with E-state index in [1.54, 1.807) is 19.9 Å². The van der Waals surface area contributed by atoms with Crippen LogP contribution in [0.3, 0.4) is 0 Å². The zero-order chi connectivity index (χ0) is 67.6. The van der Waals surface area contributed by atoms with Crippen molar-refractivity contribution in [2.75, 3.05) is 14.2 Å². The number of allylic oxidation sites excluding steroid dienone is 2. The third kappa shape index (κ3) is 23.0. The van der Waals surface area contributed by atoms with Gasteiger partial charge in [-0.25, -0.2) is 0 Å². The largest absolute Gasteiger partial charge is 0.507 e. The van der Waals surface area contributed by atoms with Gasteiger partial charge in [0.1, 0.15) is 48.0 Å². The van der Waals surface area contributed by atoms with Crippen molar-refractivity contribution in [3.8, 4) is 0 Å². The first-order valence-electron chi connectivity index (χ1n) is 31.9. The van der Waals surface area contributed by atoms with Gasteiger partial charge in [-0.3, -0.25) is 9.59 Å². The van der Waals surface area contributed by atoms with Crippen molar-refractivity contribution in [2.24, 2.45) is 41.4 Å². The first-order chi connectivity index (χ1) is 40.8. The van der Waals surface area contributed by atoms with E-state index < -0.39 is 207 Å². The summed E-state index contributed by atoms with van der Waals surface area (Å²) in [4.78, 5) is 26.4. The molecule has 518 valence electrons. The molecule has 0 aromatic heterocycles. The van der Waals surface area contributed by atoms with Crippen LogP contribution >= 0.6 is 0 Å². The average molecular weight is 1270 g/mol. The topological polar surface area (TPSA) is 460 Å². The number of unbranched alkanes of at least 4 members (excludes halogenated alkanes) is 6. The summed E-state index contributed by atoms with van der Waals surface area (Å²) in [6.45, 7) is 16.4. The molecule has 2 fully saturated rings. The minimum atomic E-state index is -2.28. The normalized spacial score (nSPS) is 29.2. The first kappa shape index (κ1) is 81.7. The molecular weight excluding hydrogens is 1150 g/mol. The van der Waals surface area contributed by atoms with E-state index in [4.69, 9.17) is 9.47 Å². The summed E-state index contributed by atoms with van der Waals surface area (Å²) in [7, 11) is 2.64. The number of carbonyl (C=O) groups is 2. The smallest absolute Gasteiger partial charge is 0.261 e. The fourth-order valence-corrected chi connectivity index (χ4v) is 12.6. The number of aliphatic hydroxyl groups excluding tert-OH is 20. The zero-order valence-corrected chi connectivity index (χ0v) is 54.1. The van der Waals surface area contributed by atoms with Crippen LogP contribution in [0.1, 0.15) is 172 Å². The molecule has 0 aromatic carbocycles. The van der Waals surface area contributed by atoms with Crippen LogP contribution in [0.5, 0.6) is 0 Å². The second kappa shape index (κ2) is 38.1. The predicted octanol–water partition coefficient (Wildman–Crippen LogP) is -0.513. The number of hydrogen-bond donors (Lipinski definition) is 20. The number of rotatable bonds is 42. The Labute approximate surface area is 520 Å². The molecule has 2 saturated heterocycles. The summed E-state index contributed by atoms with van der Waals surface area (Å²) in [5, 5.41) is 219. The molecule has 0 unspecified atom stereocenters. The number of nitrogens with zero attached hydrogens (tertiary/aromatic N) is 1. The lowest BCUT2D eigenvalue weighted by Crippen LogP contribution is -2.66. The first-order valence-corrected chi connectivity index (χ1v) is 31.9. The van der Waals surface area contributed by atoms with E-state index in [1.807, 2.05) is 13.8 Å². The van der Waals surface area contributed by atoms with Crippen molar-refractivity contribution >= 4 is 11.7 Å². The van der Waals surface area contributed by atoms with Crippen LogP contribution in [0.25, 0.3) is 0 Å². The molecule has 25 nitrogen and oxygen atoms in total. The highest BCUT2D eigenvalue weighted by Crippen LogP contribution is 2.38. The molecule has 2 aliphatic heterocycles. The van der Waals surface area contributed by atoms with Crippen LogP contribution < -0.4 is 0 Å². The average Bonchev–Trinajstić information content (AvgIpc) is 1.71. The van der Waals surface area contributed by atoms with Crippen molar-refractivity contribution in [1.29, 1.82) is 0 Å². The molecule has 0 aliphatic carbocycles. The summed E-state index contributed by atoms with van der Waals surface area (Å²) in [6, 6.07) is -0.693. The molecule has 0 aromatic rings. The van der Waals surface area contributed by atoms with Gasteiger partial charge in [0, 0.05) is 63.0 Å². The monoisotopic (exact) mass is 1270 g/mol. The van der Waals surface area contributed by atoms with Gasteiger partial charge < -0.3 is 117 Å². The molecule has 2 rings (SSSR count). The molecule has 0 spiro atoms. The quantitative estimate of drug-likeness (QED) is 0.0158. The van der Waals surface area contributed by atoms with E-state index in [1.165, 1.54) is 46.6 Å². The van der Waals surface area contributed by atoms with Crippen LogP contribution in [-0.4, -0.2) is 267 Å². The van der Waals surface area contributed by atoms with Gasteiger partial charge in [-0.15, -0.1) is 0 Å². The van der Waals surface area contributed by atoms with Gasteiger partial charge in [0.25, 0.3) is 5.91 Å². The fourth-order valence-electron chi connectivity index (χ4n) is 12.6. The van der Waals surface area contributed by atoms with Crippen molar-refractivity contribution < 1.29 is 121 Å². The fraction of sp³-hybridized carbons (Fsp3) is 0.905. The molecular formula is C63H117NO24. The molecule has 20 N–H and O–H groups in total. The number of methoxy groups -OCH3 is 1. The predicted molar refractivity (Wildman–Crippen MR) is 323 cm³/mol. The minimum Gasteiger partial charge on any atom is -0.507 e. The van der Waals surface area contributed by atoms with Crippen LogP contribution in [-0.2, 0) is 19.1 Å². The van der Waals surface area contributed by atoms with Crippen molar-refractivity contribution in [1.82, 2.24) is 4.90 Å². The molecule has 88 heavy (non-hydrogen) atoms. The number of Topliss-reactive ketones (excluding diaryl/α,β-unsaturated/α-hetero) is 1. The molecule has 25 heteroatoms. The summed E-state index contributed by atoms with van der Waals surface area (Å²) in [6.07, 6.45) is -26.6. The number of ketones is 1. The molecule has 0 bridgehead atoms. The van der Waals surface area contributed by atoms with Crippen molar-refractivity contribution in [3.63, 3.8) is 0 Å². The van der Waals surface area contributed by atoms with Gasteiger partial charge in [-0.2, -0.15) is 0 Å². The second-order valence-electron chi connectivity index (χ2n) is 26.6. The lowest BCUT2D eigenvalue weighted by atomic mass is 9.77. The Bertz CT molecular complexity index is 2070. The zero-order valence-electron chi connectivity index (χ0n) is 54.1. The third-order valence-electron chi connectivity index (χ3n) is 19.2. The second-order valence-corrected chi connectivity index (χ2v) is 26.6. The third-order valence-corrected chi connectivity index (χ3v) is 19.2. The van der Waals surface area contributed by atoms with E-state index in [2.05, 4.69) is 6.92 Å². The van der Waals surface area contributed by atoms with E-state index in [9.17, 15) is 112 Å². The lowest BCUT2D eigenvalue weighted by molar-refractivity contribution is -0.364. The van der Waals surface area contributed by atoms with Gasteiger partial charge in [-0.05, 0) is 69.8 Å². The number of ether oxygens (including phenoxy) is 2. The Balaban J connectivity index is 1.90. The van der Waals surface area contributed by atoms with Crippen LogP contribution in [0.4, 0.5) is 0 Å². The highest BCUT2D eigenvalue weighted by atomic mass is 16.7. The Kier molecular flexibility index (Phi) is 35.3.